The van der Waals surface area contributed by atoms with Crippen LogP contribution in [0.25, 0.3) is 0 Å². The number of rotatable bonds is 3. The third-order valence-electron chi connectivity index (χ3n) is 3.28. The van der Waals surface area contributed by atoms with Crippen LogP contribution in [0.3, 0.4) is 0 Å². The van der Waals surface area contributed by atoms with Gasteiger partial charge in [-0.25, -0.2) is 4.68 Å². The molecule has 1 fully saturated rings. The number of piperidine rings is 1. The SMILES string of the molecule is CC(C)Cn1nc(N2CCCCC2)c(C#N)c1N. The van der Waals surface area contributed by atoms with E-state index >= 15 is 0 Å². The molecule has 2 rings (SSSR count). The maximum Gasteiger partial charge on any atom is 0.170 e. The zero-order valence-electron chi connectivity index (χ0n) is 11.2. The highest BCUT2D eigenvalue weighted by Crippen LogP contribution is 2.27. The second kappa shape index (κ2) is 5.30. The highest BCUT2D eigenvalue weighted by atomic mass is 15.4. The first-order valence-electron chi connectivity index (χ1n) is 6.64. The minimum atomic E-state index is 0.466. The molecule has 18 heavy (non-hydrogen) atoms. The molecule has 0 spiro atoms. The molecule has 0 amide bonds. The Labute approximate surface area is 108 Å². The first-order valence-corrected chi connectivity index (χ1v) is 6.64. The Morgan fingerprint density at radius 2 is 2.00 bits per heavy atom. The minimum absolute atomic E-state index is 0.466. The van der Waals surface area contributed by atoms with Crippen molar-refractivity contribution in [1.29, 1.82) is 5.26 Å². The largest absolute Gasteiger partial charge is 0.383 e. The van der Waals surface area contributed by atoms with Gasteiger partial charge < -0.3 is 10.6 Å². The van der Waals surface area contributed by atoms with Crippen molar-refractivity contribution in [2.24, 2.45) is 5.92 Å². The van der Waals surface area contributed by atoms with Crippen molar-refractivity contribution in [1.82, 2.24) is 9.78 Å². The van der Waals surface area contributed by atoms with Gasteiger partial charge >= 0.3 is 0 Å². The number of hydrogen-bond donors (Lipinski definition) is 1. The lowest BCUT2D eigenvalue weighted by Gasteiger charge is -2.26. The van der Waals surface area contributed by atoms with Gasteiger partial charge in [-0.3, -0.25) is 0 Å². The van der Waals surface area contributed by atoms with Gasteiger partial charge in [0.25, 0.3) is 0 Å². The van der Waals surface area contributed by atoms with Gasteiger partial charge in [0.15, 0.2) is 5.82 Å². The molecule has 0 aliphatic carbocycles. The molecule has 5 heteroatoms. The van der Waals surface area contributed by atoms with Crippen molar-refractivity contribution in [2.75, 3.05) is 23.7 Å². The predicted octanol–water partition coefficient (Wildman–Crippen LogP) is 1.98. The first kappa shape index (κ1) is 12.7. The predicted molar refractivity (Wildman–Crippen MR) is 72.3 cm³/mol. The summed E-state index contributed by atoms with van der Waals surface area (Å²) in [6.45, 7) is 6.95. The average molecular weight is 247 g/mol. The Morgan fingerprint density at radius 3 is 2.56 bits per heavy atom. The van der Waals surface area contributed by atoms with Crippen LogP contribution in [0.1, 0.15) is 38.7 Å². The van der Waals surface area contributed by atoms with Gasteiger partial charge in [-0.1, -0.05) is 13.8 Å². The second-order valence-corrected chi connectivity index (χ2v) is 5.32. The Morgan fingerprint density at radius 1 is 1.33 bits per heavy atom. The van der Waals surface area contributed by atoms with E-state index in [4.69, 9.17) is 5.73 Å². The van der Waals surface area contributed by atoms with Crippen LogP contribution >= 0.6 is 0 Å². The molecule has 1 aliphatic heterocycles. The number of aromatic nitrogens is 2. The molecule has 0 unspecified atom stereocenters. The van der Waals surface area contributed by atoms with E-state index in [-0.39, 0.29) is 0 Å². The fourth-order valence-corrected chi connectivity index (χ4v) is 2.38. The van der Waals surface area contributed by atoms with Gasteiger partial charge in [-0.05, 0) is 25.2 Å². The van der Waals surface area contributed by atoms with Crippen LogP contribution in [-0.4, -0.2) is 22.9 Å². The third kappa shape index (κ3) is 2.42. The van der Waals surface area contributed by atoms with Gasteiger partial charge in [-0.2, -0.15) is 10.4 Å². The van der Waals surface area contributed by atoms with Crippen LogP contribution in [0, 0.1) is 17.2 Å². The van der Waals surface area contributed by atoms with E-state index in [2.05, 4.69) is 29.9 Å². The topological polar surface area (TPSA) is 70.9 Å². The van der Waals surface area contributed by atoms with Crippen molar-refractivity contribution in [3.8, 4) is 6.07 Å². The lowest BCUT2D eigenvalue weighted by atomic mass is 10.1. The molecular weight excluding hydrogens is 226 g/mol. The molecule has 1 aromatic rings. The molecule has 0 saturated carbocycles. The minimum Gasteiger partial charge on any atom is -0.383 e. The van der Waals surface area contributed by atoms with Crippen LogP contribution < -0.4 is 10.6 Å². The van der Waals surface area contributed by atoms with E-state index in [0.29, 0.717) is 17.3 Å². The Balaban J connectivity index is 2.31. The quantitative estimate of drug-likeness (QED) is 0.886. The van der Waals surface area contributed by atoms with Crippen molar-refractivity contribution < 1.29 is 0 Å². The molecule has 1 aromatic heterocycles. The molecule has 1 saturated heterocycles. The standard InChI is InChI=1S/C13H21N5/c1-10(2)9-18-12(15)11(8-14)13(16-18)17-6-4-3-5-7-17/h10H,3-7,9,15H2,1-2H3. The van der Waals surface area contributed by atoms with Crippen LogP contribution in [0.15, 0.2) is 0 Å². The summed E-state index contributed by atoms with van der Waals surface area (Å²) >= 11 is 0. The van der Waals surface area contributed by atoms with Gasteiger partial charge in [0.05, 0.1) is 0 Å². The fraction of sp³-hybridized carbons (Fsp3) is 0.692. The molecule has 0 radical (unpaired) electrons. The van der Waals surface area contributed by atoms with E-state index in [1.54, 1.807) is 4.68 Å². The summed E-state index contributed by atoms with van der Waals surface area (Å²) in [5.41, 5.74) is 6.56. The fourth-order valence-electron chi connectivity index (χ4n) is 2.38. The van der Waals surface area contributed by atoms with Gasteiger partial charge in [0, 0.05) is 19.6 Å². The smallest absolute Gasteiger partial charge is 0.170 e. The molecule has 2 heterocycles. The summed E-state index contributed by atoms with van der Waals surface area (Å²) in [5.74, 6) is 1.75. The molecule has 0 atom stereocenters. The molecule has 2 N–H and O–H groups in total. The normalized spacial score (nSPS) is 16.0. The molecule has 0 bridgehead atoms. The maximum absolute atomic E-state index is 9.27. The summed E-state index contributed by atoms with van der Waals surface area (Å²) in [5, 5.41) is 13.8. The summed E-state index contributed by atoms with van der Waals surface area (Å²) in [6.07, 6.45) is 3.60. The number of nitrogen functional groups attached to an aromatic ring is 1. The Bertz CT molecular complexity index is 449. The van der Waals surface area contributed by atoms with E-state index in [9.17, 15) is 5.26 Å². The third-order valence-corrected chi connectivity index (χ3v) is 3.28. The van der Waals surface area contributed by atoms with E-state index in [1.807, 2.05) is 0 Å². The van der Waals surface area contributed by atoms with E-state index in [1.165, 1.54) is 19.3 Å². The molecular formula is C13H21N5. The zero-order chi connectivity index (χ0) is 13.1. The summed E-state index contributed by atoms with van der Waals surface area (Å²) < 4.78 is 1.77. The highest BCUT2D eigenvalue weighted by molar-refractivity contribution is 5.65. The first-order chi connectivity index (χ1) is 8.63. The van der Waals surface area contributed by atoms with E-state index < -0.39 is 0 Å². The van der Waals surface area contributed by atoms with Gasteiger partial charge in [0.2, 0.25) is 0 Å². The molecule has 5 nitrogen and oxygen atoms in total. The van der Waals surface area contributed by atoms with E-state index in [0.717, 1.165) is 25.5 Å². The zero-order valence-corrected chi connectivity index (χ0v) is 11.2. The average Bonchev–Trinajstić information content (AvgIpc) is 2.67. The number of nitriles is 1. The highest BCUT2D eigenvalue weighted by Gasteiger charge is 2.22. The maximum atomic E-state index is 9.27. The second-order valence-electron chi connectivity index (χ2n) is 5.32. The lowest BCUT2D eigenvalue weighted by Crippen LogP contribution is -2.30. The Hall–Kier alpha value is -1.70. The van der Waals surface area contributed by atoms with Gasteiger partial charge in [0.1, 0.15) is 17.5 Å². The van der Waals surface area contributed by atoms with Crippen LogP contribution in [0.5, 0.6) is 0 Å². The summed E-state index contributed by atoms with van der Waals surface area (Å²) in [7, 11) is 0. The monoisotopic (exact) mass is 247 g/mol. The Kier molecular flexibility index (Phi) is 3.75. The number of hydrogen-bond acceptors (Lipinski definition) is 4. The van der Waals surface area contributed by atoms with Crippen molar-refractivity contribution >= 4 is 11.6 Å². The van der Waals surface area contributed by atoms with Crippen molar-refractivity contribution in [3.63, 3.8) is 0 Å². The lowest BCUT2D eigenvalue weighted by molar-refractivity contribution is 0.485. The van der Waals surface area contributed by atoms with Crippen molar-refractivity contribution in [2.45, 2.75) is 39.7 Å². The number of anilines is 2. The molecule has 0 aromatic carbocycles. The molecule has 1 aliphatic rings. The van der Waals surface area contributed by atoms with Crippen LogP contribution in [0.4, 0.5) is 11.6 Å². The van der Waals surface area contributed by atoms with Crippen LogP contribution in [0.2, 0.25) is 0 Å². The molecule has 98 valence electrons. The summed E-state index contributed by atoms with van der Waals surface area (Å²) in [6, 6.07) is 2.20. The van der Waals surface area contributed by atoms with Gasteiger partial charge in [-0.15, -0.1) is 0 Å². The number of nitrogens with zero attached hydrogens (tertiary/aromatic N) is 4. The summed E-state index contributed by atoms with van der Waals surface area (Å²) in [4.78, 5) is 2.19. The van der Waals surface area contributed by atoms with Crippen LogP contribution in [-0.2, 0) is 6.54 Å². The van der Waals surface area contributed by atoms with Crippen molar-refractivity contribution in [3.05, 3.63) is 5.56 Å². The number of nitrogens with two attached hydrogens (primary N) is 1.